The topological polar surface area (TPSA) is 30.2 Å². The Morgan fingerprint density at radius 2 is 1.75 bits per heavy atom. The van der Waals surface area contributed by atoms with Crippen LogP contribution >= 0.6 is 27.7 Å². The molecule has 0 aliphatic heterocycles. The third-order valence-electron chi connectivity index (χ3n) is 3.92. The molecular weight excluding hydrogens is 384 g/mol. The first-order chi connectivity index (χ1) is 11.7. The van der Waals surface area contributed by atoms with Crippen LogP contribution in [0.3, 0.4) is 0 Å². The number of hydrogen-bond acceptors (Lipinski definition) is 3. The number of halogens is 1. The fraction of sp³-hybridized carbons (Fsp3) is 0.0500. The molecule has 0 atom stereocenters. The first-order valence-corrected chi connectivity index (χ1v) is 9.31. The Morgan fingerprint density at radius 3 is 2.58 bits per heavy atom. The quantitative estimate of drug-likeness (QED) is 0.241. The first-order valence-electron chi connectivity index (χ1n) is 7.53. The first kappa shape index (κ1) is 15.5. The lowest BCUT2D eigenvalue weighted by molar-refractivity contribution is 0.560. The van der Waals surface area contributed by atoms with Gasteiger partial charge in [-0.25, -0.2) is 4.79 Å². The van der Waals surface area contributed by atoms with Crippen molar-refractivity contribution in [3.63, 3.8) is 0 Å². The fourth-order valence-corrected chi connectivity index (χ4v) is 3.97. The highest BCUT2D eigenvalue weighted by Gasteiger charge is 2.10. The Labute approximate surface area is 151 Å². The van der Waals surface area contributed by atoms with Crippen LogP contribution in [0.1, 0.15) is 5.56 Å². The molecule has 0 radical (unpaired) electrons. The zero-order valence-electron chi connectivity index (χ0n) is 12.7. The maximum absolute atomic E-state index is 11.9. The largest absolute Gasteiger partial charge is 0.423 e. The van der Waals surface area contributed by atoms with Crippen LogP contribution in [0.15, 0.2) is 85.3 Å². The molecular formula is C20H13BrO2S. The molecule has 4 rings (SSSR count). The van der Waals surface area contributed by atoms with Crippen molar-refractivity contribution in [2.45, 2.75) is 10.6 Å². The van der Waals surface area contributed by atoms with E-state index in [1.165, 1.54) is 4.90 Å². The van der Waals surface area contributed by atoms with Crippen LogP contribution in [0.2, 0.25) is 0 Å². The van der Waals surface area contributed by atoms with E-state index >= 15 is 0 Å². The summed E-state index contributed by atoms with van der Waals surface area (Å²) in [5.41, 5.74) is 1.35. The molecule has 24 heavy (non-hydrogen) atoms. The monoisotopic (exact) mass is 396 g/mol. The second kappa shape index (κ2) is 6.46. The van der Waals surface area contributed by atoms with Crippen LogP contribution < -0.4 is 5.63 Å². The molecule has 0 amide bonds. The highest BCUT2D eigenvalue weighted by atomic mass is 79.9. The molecule has 2 nitrogen and oxygen atoms in total. The van der Waals surface area contributed by atoms with E-state index < -0.39 is 0 Å². The van der Waals surface area contributed by atoms with E-state index in [0.717, 1.165) is 31.9 Å². The third kappa shape index (κ3) is 2.99. The highest BCUT2D eigenvalue weighted by molar-refractivity contribution is 9.10. The molecule has 0 saturated carbocycles. The summed E-state index contributed by atoms with van der Waals surface area (Å²) in [5, 5.41) is 3.29. The summed E-state index contributed by atoms with van der Waals surface area (Å²) in [6.45, 7) is 0. The van der Waals surface area contributed by atoms with Crippen molar-refractivity contribution in [3.05, 3.63) is 87.2 Å². The van der Waals surface area contributed by atoms with Gasteiger partial charge >= 0.3 is 5.63 Å². The Morgan fingerprint density at radius 1 is 0.958 bits per heavy atom. The molecule has 1 aromatic heterocycles. The Hall–Kier alpha value is -2.04. The summed E-state index contributed by atoms with van der Waals surface area (Å²) in [4.78, 5) is 13.1. The SMILES string of the molecule is O=c1cc(CSc2ccc(Br)cc2)c2c(ccc3ccccc32)o1. The predicted octanol–water partition coefficient (Wildman–Crippen LogP) is 6.00. The van der Waals surface area contributed by atoms with Crippen LogP contribution in [0.25, 0.3) is 21.7 Å². The second-order valence-electron chi connectivity index (χ2n) is 5.49. The number of fused-ring (bicyclic) bond motifs is 3. The Bertz CT molecular complexity index is 1080. The predicted molar refractivity (Wildman–Crippen MR) is 104 cm³/mol. The van der Waals surface area contributed by atoms with Crippen molar-refractivity contribution in [2.75, 3.05) is 0 Å². The zero-order valence-corrected chi connectivity index (χ0v) is 15.1. The Balaban J connectivity index is 1.82. The van der Waals surface area contributed by atoms with E-state index in [0.29, 0.717) is 5.58 Å². The fourth-order valence-electron chi connectivity index (χ4n) is 2.83. The molecule has 0 fully saturated rings. The third-order valence-corrected chi connectivity index (χ3v) is 5.51. The van der Waals surface area contributed by atoms with Crippen molar-refractivity contribution in [1.29, 1.82) is 0 Å². The van der Waals surface area contributed by atoms with E-state index in [-0.39, 0.29) is 5.63 Å². The molecule has 118 valence electrons. The van der Waals surface area contributed by atoms with Gasteiger partial charge in [0, 0.05) is 26.6 Å². The summed E-state index contributed by atoms with van der Waals surface area (Å²) in [7, 11) is 0. The highest BCUT2D eigenvalue weighted by Crippen LogP contribution is 2.31. The minimum absolute atomic E-state index is 0.302. The van der Waals surface area contributed by atoms with Crippen molar-refractivity contribution in [3.8, 4) is 0 Å². The lowest BCUT2D eigenvalue weighted by Gasteiger charge is -2.09. The summed E-state index contributed by atoms with van der Waals surface area (Å²) in [5.74, 6) is 0.720. The van der Waals surface area contributed by atoms with Gasteiger partial charge in [-0.2, -0.15) is 0 Å². The van der Waals surface area contributed by atoms with Crippen LogP contribution in [-0.2, 0) is 5.75 Å². The van der Waals surface area contributed by atoms with Gasteiger partial charge < -0.3 is 4.42 Å². The number of rotatable bonds is 3. The number of thioether (sulfide) groups is 1. The van der Waals surface area contributed by atoms with E-state index in [1.54, 1.807) is 17.8 Å². The molecule has 0 aliphatic carbocycles. The van der Waals surface area contributed by atoms with E-state index in [2.05, 4.69) is 40.2 Å². The average Bonchev–Trinajstić information content (AvgIpc) is 2.60. The maximum atomic E-state index is 11.9. The van der Waals surface area contributed by atoms with E-state index in [4.69, 9.17) is 4.42 Å². The van der Waals surface area contributed by atoms with Gasteiger partial charge in [0.1, 0.15) is 5.58 Å². The lowest BCUT2D eigenvalue weighted by atomic mass is 10.0. The van der Waals surface area contributed by atoms with Gasteiger partial charge in [0.25, 0.3) is 0 Å². The van der Waals surface area contributed by atoms with E-state index in [9.17, 15) is 4.79 Å². The van der Waals surface area contributed by atoms with E-state index in [1.807, 2.05) is 36.4 Å². The molecule has 0 spiro atoms. The molecule has 0 unspecified atom stereocenters. The van der Waals surface area contributed by atoms with Crippen LogP contribution in [0.5, 0.6) is 0 Å². The Kier molecular flexibility index (Phi) is 4.17. The minimum Gasteiger partial charge on any atom is -0.423 e. The van der Waals surface area contributed by atoms with Crippen molar-refractivity contribution in [2.24, 2.45) is 0 Å². The molecule has 0 bridgehead atoms. The summed E-state index contributed by atoms with van der Waals surface area (Å²) >= 11 is 5.16. The van der Waals surface area contributed by atoms with Gasteiger partial charge in [-0.15, -0.1) is 11.8 Å². The lowest BCUT2D eigenvalue weighted by Crippen LogP contribution is -2.00. The summed E-state index contributed by atoms with van der Waals surface area (Å²) in [6, 6.07) is 21.9. The maximum Gasteiger partial charge on any atom is 0.336 e. The van der Waals surface area contributed by atoms with Crippen LogP contribution in [0, 0.1) is 0 Å². The molecule has 1 heterocycles. The summed E-state index contributed by atoms with van der Waals surface area (Å²) < 4.78 is 6.47. The van der Waals surface area contributed by atoms with Gasteiger partial charge in [0.15, 0.2) is 0 Å². The van der Waals surface area contributed by atoms with Gasteiger partial charge in [-0.1, -0.05) is 46.3 Å². The van der Waals surface area contributed by atoms with Crippen LogP contribution in [-0.4, -0.2) is 0 Å². The van der Waals surface area contributed by atoms with Crippen molar-refractivity contribution >= 4 is 49.4 Å². The van der Waals surface area contributed by atoms with Gasteiger partial charge in [0.2, 0.25) is 0 Å². The molecule has 3 aromatic carbocycles. The van der Waals surface area contributed by atoms with Gasteiger partial charge in [-0.3, -0.25) is 0 Å². The number of benzene rings is 3. The van der Waals surface area contributed by atoms with Gasteiger partial charge in [0.05, 0.1) is 0 Å². The molecule has 0 N–H and O–H groups in total. The zero-order chi connectivity index (χ0) is 16.5. The van der Waals surface area contributed by atoms with Crippen LogP contribution in [0.4, 0.5) is 0 Å². The molecule has 4 aromatic rings. The van der Waals surface area contributed by atoms with Crippen molar-refractivity contribution in [1.82, 2.24) is 0 Å². The second-order valence-corrected chi connectivity index (χ2v) is 7.46. The molecule has 0 aliphatic rings. The average molecular weight is 397 g/mol. The molecule has 0 saturated heterocycles. The normalized spacial score (nSPS) is 11.2. The van der Waals surface area contributed by atoms with Gasteiger partial charge in [-0.05, 0) is 46.7 Å². The van der Waals surface area contributed by atoms with Crippen molar-refractivity contribution < 1.29 is 4.42 Å². The smallest absolute Gasteiger partial charge is 0.336 e. The molecule has 4 heteroatoms. The standard InChI is InChI=1S/C20H13BrO2S/c21-15-6-8-16(9-7-15)24-12-14-11-19(22)23-18-10-5-13-3-1-2-4-17(13)20(14)18/h1-11H,12H2. The summed E-state index contributed by atoms with van der Waals surface area (Å²) in [6.07, 6.45) is 0. The number of hydrogen-bond donors (Lipinski definition) is 0. The minimum atomic E-state index is -0.302.